The van der Waals surface area contributed by atoms with Crippen molar-refractivity contribution in [1.29, 1.82) is 0 Å². The molecule has 5 heteroatoms. The number of benzene rings is 1. The van der Waals surface area contributed by atoms with Crippen LogP contribution >= 0.6 is 28.3 Å². The predicted molar refractivity (Wildman–Crippen MR) is 92.9 cm³/mol. The molecule has 2 unspecified atom stereocenters. The molecule has 0 aliphatic carbocycles. The SMILES string of the molecule is CC(Cc1ccc(Br)cc1)NC(=O)C1(C)CCCNC1.Cl. The van der Waals surface area contributed by atoms with Crippen molar-refractivity contribution in [3.05, 3.63) is 34.3 Å². The van der Waals surface area contributed by atoms with Gasteiger partial charge in [-0.25, -0.2) is 0 Å². The molecule has 0 radical (unpaired) electrons. The number of rotatable bonds is 4. The Bertz CT molecular complexity index is 458. The van der Waals surface area contributed by atoms with Crippen molar-refractivity contribution < 1.29 is 4.79 Å². The molecule has 2 rings (SSSR count). The highest BCUT2D eigenvalue weighted by molar-refractivity contribution is 9.10. The minimum atomic E-state index is -0.258. The van der Waals surface area contributed by atoms with Gasteiger partial charge in [-0.1, -0.05) is 28.1 Å². The Labute approximate surface area is 141 Å². The van der Waals surface area contributed by atoms with Crippen LogP contribution in [0.25, 0.3) is 0 Å². The number of carbonyl (C=O) groups is 1. The van der Waals surface area contributed by atoms with Crippen LogP contribution in [0.3, 0.4) is 0 Å². The highest BCUT2D eigenvalue weighted by Gasteiger charge is 2.34. The third-order valence-electron chi connectivity index (χ3n) is 3.98. The molecule has 2 N–H and O–H groups in total. The lowest BCUT2D eigenvalue weighted by Gasteiger charge is -2.33. The first kappa shape index (κ1) is 18.5. The number of piperidine rings is 1. The van der Waals surface area contributed by atoms with Gasteiger partial charge in [-0.2, -0.15) is 0 Å². The molecule has 1 amide bonds. The summed E-state index contributed by atoms with van der Waals surface area (Å²) in [5, 5.41) is 6.48. The van der Waals surface area contributed by atoms with Crippen molar-refractivity contribution in [1.82, 2.24) is 10.6 Å². The van der Waals surface area contributed by atoms with Crippen LogP contribution < -0.4 is 10.6 Å². The first-order chi connectivity index (χ1) is 9.49. The van der Waals surface area contributed by atoms with Gasteiger partial charge >= 0.3 is 0 Å². The van der Waals surface area contributed by atoms with Crippen molar-refractivity contribution in [2.24, 2.45) is 5.41 Å². The third kappa shape index (κ3) is 5.28. The van der Waals surface area contributed by atoms with E-state index in [1.165, 1.54) is 5.56 Å². The van der Waals surface area contributed by atoms with E-state index in [2.05, 4.69) is 52.5 Å². The number of hydrogen-bond donors (Lipinski definition) is 2. The van der Waals surface area contributed by atoms with Crippen molar-refractivity contribution in [2.75, 3.05) is 13.1 Å². The number of hydrogen-bond acceptors (Lipinski definition) is 2. The van der Waals surface area contributed by atoms with E-state index in [4.69, 9.17) is 0 Å². The van der Waals surface area contributed by atoms with Gasteiger partial charge in [0.2, 0.25) is 5.91 Å². The monoisotopic (exact) mass is 374 g/mol. The molecule has 1 aromatic carbocycles. The Morgan fingerprint density at radius 2 is 2.10 bits per heavy atom. The second-order valence-electron chi connectivity index (χ2n) is 6.05. The van der Waals surface area contributed by atoms with Gasteiger partial charge in [0.1, 0.15) is 0 Å². The molecular weight excluding hydrogens is 352 g/mol. The quantitative estimate of drug-likeness (QED) is 0.847. The predicted octanol–water partition coefficient (Wildman–Crippen LogP) is 3.31. The topological polar surface area (TPSA) is 41.1 Å². The lowest BCUT2D eigenvalue weighted by atomic mass is 9.81. The van der Waals surface area contributed by atoms with E-state index in [-0.39, 0.29) is 29.8 Å². The molecule has 2 atom stereocenters. The second kappa shape index (κ2) is 8.16. The largest absolute Gasteiger partial charge is 0.353 e. The molecule has 1 aliphatic heterocycles. The zero-order valence-corrected chi connectivity index (χ0v) is 15.0. The van der Waals surface area contributed by atoms with Crippen molar-refractivity contribution in [3.8, 4) is 0 Å². The van der Waals surface area contributed by atoms with Gasteiger partial charge in [-0.3, -0.25) is 4.79 Å². The summed E-state index contributed by atoms with van der Waals surface area (Å²) >= 11 is 3.43. The van der Waals surface area contributed by atoms with E-state index in [0.717, 1.165) is 36.8 Å². The highest BCUT2D eigenvalue weighted by atomic mass is 79.9. The van der Waals surface area contributed by atoms with Crippen molar-refractivity contribution in [3.63, 3.8) is 0 Å². The molecular formula is C16H24BrClN2O. The van der Waals surface area contributed by atoms with E-state index in [1.54, 1.807) is 0 Å². The maximum absolute atomic E-state index is 12.4. The Hall–Kier alpha value is -0.580. The van der Waals surface area contributed by atoms with Crippen LogP contribution in [0.4, 0.5) is 0 Å². The summed E-state index contributed by atoms with van der Waals surface area (Å²) < 4.78 is 1.08. The normalized spacial score (nSPS) is 23.0. The average Bonchev–Trinajstić information content (AvgIpc) is 2.42. The fraction of sp³-hybridized carbons (Fsp3) is 0.562. The molecule has 1 saturated heterocycles. The van der Waals surface area contributed by atoms with Crippen LogP contribution in [-0.4, -0.2) is 25.0 Å². The lowest BCUT2D eigenvalue weighted by molar-refractivity contribution is -0.131. The smallest absolute Gasteiger partial charge is 0.227 e. The molecule has 21 heavy (non-hydrogen) atoms. The van der Waals surface area contributed by atoms with Gasteiger partial charge in [0.25, 0.3) is 0 Å². The molecule has 1 aliphatic rings. The van der Waals surface area contributed by atoms with E-state index in [0.29, 0.717) is 0 Å². The third-order valence-corrected chi connectivity index (χ3v) is 4.51. The van der Waals surface area contributed by atoms with Crippen LogP contribution in [0.1, 0.15) is 32.3 Å². The van der Waals surface area contributed by atoms with Crippen LogP contribution in [0, 0.1) is 5.41 Å². The Morgan fingerprint density at radius 1 is 1.43 bits per heavy atom. The summed E-state index contributed by atoms with van der Waals surface area (Å²) in [6.07, 6.45) is 2.91. The lowest BCUT2D eigenvalue weighted by Crippen LogP contribution is -2.51. The number of carbonyl (C=O) groups excluding carboxylic acids is 1. The second-order valence-corrected chi connectivity index (χ2v) is 6.96. The Morgan fingerprint density at radius 3 is 2.67 bits per heavy atom. The average molecular weight is 376 g/mol. The first-order valence-corrected chi connectivity index (χ1v) is 8.05. The first-order valence-electron chi connectivity index (χ1n) is 7.26. The fourth-order valence-electron chi connectivity index (χ4n) is 2.67. The Balaban J connectivity index is 0.00000220. The van der Waals surface area contributed by atoms with Gasteiger partial charge in [0.05, 0.1) is 5.41 Å². The van der Waals surface area contributed by atoms with Crippen LogP contribution in [0.15, 0.2) is 28.7 Å². The van der Waals surface area contributed by atoms with Crippen LogP contribution in [-0.2, 0) is 11.2 Å². The minimum Gasteiger partial charge on any atom is -0.353 e. The fourth-order valence-corrected chi connectivity index (χ4v) is 2.94. The molecule has 3 nitrogen and oxygen atoms in total. The van der Waals surface area contributed by atoms with E-state index >= 15 is 0 Å². The van der Waals surface area contributed by atoms with Crippen molar-refractivity contribution >= 4 is 34.2 Å². The summed E-state index contributed by atoms with van der Waals surface area (Å²) in [5.74, 6) is 0.175. The summed E-state index contributed by atoms with van der Waals surface area (Å²) in [6, 6.07) is 8.42. The van der Waals surface area contributed by atoms with Gasteiger partial charge < -0.3 is 10.6 Å². The molecule has 118 valence electrons. The Kier molecular flexibility index (Phi) is 7.17. The molecule has 1 fully saturated rings. The molecule has 0 spiro atoms. The molecule has 0 bridgehead atoms. The standard InChI is InChI=1S/C16H23BrN2O.ClH/c1-12(10-13-4-6-14(17)7-5-13)19-15(20)16(2)8-3-9-18-11-16;/h4-7,12,18H,3,8-11H2,1-2H3,(H,19,20);1H. The summed E-state index contributed by atoms with van der Waals surface area (Å²) in [6.45, 7) is 5.93. The number of nitrogens with one attached hydrogen (secondary N) is 2. The summed E-state index contributed by atoms with van der Waals surface area (Å²) in [5.41, 5.74) is 0.986. The minimum absolute atomic E-state index is 0. The van der Waals surface area contributed by atoms with Crippen LogP contribution in [0.2, 0.25) is 0 Å². The van der Waals surface area contributed by atoms with Crippen LogP contribution in [0.5, 0.6) is 0 Å². The van der Waals surface area contributed by atoms with E-state index in [9.17, 15) is 4.79 Å². The zero-order valence-electron chi connectivity index (χ0n) is 12.6. The summed E-state index contributed by atoms with van der Waals surface area (Å²) in [7, 11) is 0. The molecule has 1 aromatic rings. The van der Waals surface area contributed by atoms with E-state index in [1.807, 2.05) is 12.1 Å². The number of amides is 1. The van der Waals surface area contributed by atoms with Gasteiger partial charge in [-0.05, 0) is 57.4 Å². The molecule has 1 heterocycles. The number of halogens is 2. The summed E-state index contributed by atoms with van der Waals surface area (Å²) in [4.78, 5) is 12.4. The highest BCUT2D eigenvalue weighted by Crippen LogP contribution is 2.25. The van der Waals surface area contributed by atoms with Crippen molar-refractivity contribution in [2.45, 2.75) is 39.2 Å². The van der Waals surface area contributed by atoms with Gasteiger partial charge in [0, 0.05) is 17.1 Å². The van der Waals surface area contributed by atoms with E-state index < -0.39 is 0 Å². The molecule has 0 aromatic heterocycles. The molecule has 0 saturated carbocycles. The zero-order chi connectivity index (χ0) is 14.6. The maximum Gasteiger partial charge on any atom is 0.227 e. The maximum atomic E-state index is 12.4. The van der Waals surface area contributed by atoms with Gasteiger partial charge in [0.15, 0.2) is 0 Å². The van der Waals surface area contributed by atoms with Gasteiger partial charge in [-0.15, -0.1) is 12.4 Å².